The van der Waals surface area contributed by atoms with Gasteiger partial charge in [-0.15, -0.1) is 0 Å². The second-order valence-corrected chi connectivity index (χ2v) is 7.11. The first-order valence-electron chi connectivity index (χ1n) is 10.1. The predicted molar refractivity (Wildman–Crippen MR) is 115 cm³/mol. The highest BCUT2D eigenvalue weighted by Crippen LogP contribution is 2.33. The average Bonchev–Trinajstić information content (AvgIpc) is 3.18. The summed E-state index contributed by atoms with van der Waals surface area (Å²) in [6, 6.07) is 11.8. The zero-order valence-corrected chi connectivity index (χ0v) is 16.9. The molecule has 160 valence electrons. The van der Waals surface area contributed by atoms with Gasteiger partial charge in [0.25, 0.3) is 5.91 Å². The molecular weight excluding hydrogens is 398 g/mol. The normalized spacial score (nSPS) is 12.7. The van der Waals surface area contributed by atoms with Gasteiger partial charge in [-0.2, -0.15) is 0 Å². The molecular formula is C23H23N3O5. The summed E-state index contributed by atoms with van der Waals surface area (Å²) in [6.45, 7) is 2.53. The Bertz CT molecular complexity index is 1150. The number of ketones is 2. The van der Waals surface area contributed by atoms with E-state index in [1.54, 1.807) is 42.5 Å². The van der Waals surface area contributed by atoms with E-state index < -0.39 is 0 Å². The molecule has 0 atom stereocenters. The van der Waals surface area contributed by atoms with E-state index in [1.807, 2.05) is 0 Å². The maximum Gasteiger partial charge on any atom is 0.251 e. The van der Waals surface area contributed by atoms with Crippen molar-refractivity contribution in [1.29, 1.82) is 0 Å². The number of carbonyl (C=O) groups excluding carboxylic acids is 3. The lowest BCUT2D eigenvalue weighted by Gasteiger charge is -2.14. The van der Waals surface area contributed by atoms with Crippen molar-refractivity contribution in [3.63, 3.8) is 0 Å². The summed E-state index contributed by atoms with van der Waals surface area (Å²) in [5.74, 6) is -0.728. The van der Waals surface area contributed by atoms with Crippen LogP contribution in [0.3, 0.4) is 0 Å². The third kappa shape index (κ3) is 4.13. The summed E-state index contributed by atoms with van der Waals surface area (Å²) in [7, 11) is 0. The van der Waals surface area contributed by atoms with Crippen LogP contribution in [0, 0.1) is 0 Å². The molecule has 1 aliphatic rings. The summed E-state index contributed by atoms with van der Waals surface area (Å²) >= 11 is 0. The molecule has 8 heteroatoms. The highest BCUT2D eigenvalue weighted by Gasteiger charge is 2.33. The van der Waals surface area contributed by atoms with E-state index >= 15 is 0 Å². The molecule has 4 rings (SSSR count). The molecule has 0 saturated heterocycles. The average molecular weight is 421 g/mol. The van der Waals surface area contributed by atoms with Crippen LogP contribution in [0.2, 0.25) is 0 Å². The molecule has 0 fully saturated rings. The van der Waals surface area contributed by atoms with Crippen LogP contribution in [0.4, 0.5) is 0 Å². The number of fused-ring (bicyclic) bond motifs is 4. The van der Waals surface area contributed by atoms with Crippen molar-refractivity contribution < 1.29 is 23.9 Å². The maximum absolute atomic E-state index is 13.0. The number of rotatable bonds is 9. The SMILES string of the molecule is NCCOCCOCCNC(=O)c1ccc2[nH]c3c(c2c1)C(=O)c1ccccc1C3=O. The molecule has 0 spiro atoms. The number of hydrogen-bond donors (Lipinski definition) is 3. The van der Waals surface area contributed by atoms with Gasteiger partial charge in [0.2, 0.25) is 5.78 Å². The van der Waals surface area contributed by atoms with Crippen LogP contribution in [-0.4, -0.2) is 62.0 Å². The van der Waals surface area contributed by atoms with Gasteiger partial charge in [-0.25, -0.2) is 0 Å². The first-order valence-corrected chi connectivity index (χ1v) is 10.1. The topological polar surface area (TPSA) is 124 Å². The predicted octanol–water partition coefficient (Wildman–Crippen LogP) is 1.67. The number of hydrogen-bond acceptors (Lipinski definition) is 6. The van der Waals surface area contributed by atoms with E-state index in [-0.39, 0.29) is 23.2 Å². The molecule has 1 aromatic heterocycles. The van der Waals surface area contributed by atoms with Crippen molar-refractivity contribution in [3.8, 4) is 0 Å². The first-order chi connectivity index (χ1) is 15.1. The lowest BCUT2D eigenvalue weighted by Crippen LogP contribution is -2.27. The van der Waals surface area contributed by atoms with Crippen LogP contribution in [0.25, 0.3) is 10.9 Å². The summed E-state index contributed by atoms with van der Waals surface area (Å²) < 4.78 is 10.6. The summed E-state index contributed by atoms with van der Waals surface area (Å²) in [6.07, 6.45) is 0. The Balaban J connectivity index is 1.46. The van der Waals surface area contributed by atoms with Gasteiger partial charge in [-0.05, 0) is 18.2 Å². The number of aromatic nitrogens is 1. The largest absolute Gasteiger partial charge is 0.378 e. The second kappa shape index (κ2) is 9.22. The lowest BCUT2D eigenvalue weighted by molar-refractivity contribution is 0.0511. The minimum absolute atomic E-state index is 0.222. The van der Waals surface area contributed by atoms with Crippen LogP contribution in [0.1, 0.15) is 42.3 Å². The van der Waals surface area contributed by atoms with Crippen molar-refractivity contribution >= 4 is 28.4 Å². The summed E-state index contributed by atoms with van der Waals surface area (Å²) in [5, 5.41) is 3.35. The van der Waals surface area contributed by atoms with Crippen LogP contribution in [0.5, 0.6) is 0 Å². The molecule has 31 heavy (non-hydrogen) atoms. The lowest BCUT2D eigenvalue weighted by atomic mass is 9.87. The molecule has 1 heterocycles. The Morgan fingerprint density at radius 3 is 2.39 bits per heavy atom. The molecule has 0 aliphatic heterocycles. The number of carbonyl (C=O) groups is 3. The minimum Gasteiger partial charge on any atom is -0.378 e. The number of H-pyrrole nitrogens is 1. The van der Waals surface area contributed by atoms with E-state index in [9.17, 15) is 14.4 Å². The van der Waals surface area contributed by atoms with E-state index in [0.29, 0.717) is 72.7 Å². The maximum atomic E-state index is 13.0. The van der Waals surface area contributed by atoms with Gasteiger partial charge in [0.15, 0.2) is 5.78 Å². The van der Waals surface area contributed by atoms with Crippen molar-refractivity contribution in [2.24, 2.45) is 5.73 Å². The molecule has 0 saturated carbocycles. The van der Waals surface area contributed by atoms with Crippen LogP contribution in [-0.2, 0) is 9.47 Å². The van der Waals surface area contributed by atoms with Crippen molar-refractivity contribution in [3.05, 3.63) is 70.4 Å². The Labute approximate surface area is 178 Å². The fourth-order valence-electron chi connectivity index (χ4n) is 3.63. The molecule has 1 aliphatic carbocycles. The van der Waals surface area contributed by atoms with Crippen molar-refractivity contribution in [2.45, 2.75) is 0 Å². The highest BCUT2D eigenvalue weighted by molar-refractivity contribution is 6.32. The molecule has 0 unspecified atom stereocenters. The number of amides is 1. The van der Waals surface area contributed by atoms with Gasteiger partial charge in [-0.1, -0.05) is 24.3 Å². The second-order valence-electron chi connectivity index (χ2n) is 7.11. The zero-order chi connectivity index (χ0) is 21.8. The third-order valence-corrected chi connectivity index (χ3v) is 5.10. The Morgan fingerprint density at radius 2 is 1.65 bits per heavy atom. The van der Waals surface area contributed by atoms with Gasteiger partial charge in [0.05, 0.1) is 37.7 Å². The van der Waals surface area contributed by atoms with Gasteiger partial charge in [-0.3, -0.25) is 14.4 Å². The number of aromatic amines is 1. The fourth-order valence-corrected chi connectivity index (χ4v) is 3.63. The van der Waals surface area contributed by atoms with Crippen LogP contribution >= 0.6 is 0 Å². The minimum atomic E-state index is -0.283. The number of nitrogens with two attached hydrogens (primary N) is 1. The monoisotopic (exact) mass is 421 g/mol. The first kappa shape index (κ1) is 20.9. The van der Waals surface area contributed by atoms with Gasteiger partial charge in [0.1, 0.15) is 0 Å². The van der Waals surface area contributed by atoms with Crippen LogP contribution in [0.15, 0.2) is 42.5 Å². The number of nitrogens with one attached hydrogen (secondary N) is 2. The quantitative estimate of drug-likeness (QED) is 0.353. The summed E-state index contributed by atoms with van der Waals surface area (Å²) in [5.41, 5.74) is 7.71. The number of ether oxygens (including phenoxy) is 2. The zero-order valence-electron chi connectivity index (χ0n) is 16.9. The molecule has 2 aromatic carbocycles. The molecule has 4 N–H and O–H groups in total. The van der Waals surface area contributed by atoms with Crippen molar-refractivity contribution in [1.82, 2.24) is 10.3 Å². The molecule has 0 radical (unpaired) electrons. The molecule has 1 amide bonds. The Morgan fingerprint density at radius 1 is 0.935 bits per heavy atom. The van der Waals surface area contributed by atoms with Crippen LogP contribution < -0.4 is 11.1 Å². The van der Waals surface area contributed by atoms with E-state index in [1.165, 1.54) is 0 Å². The summed E-state index contributed by atoms with van der Waals surface area (Å²) in [4.78, 5) is 41.4. The van der Waals surface area contributed by atoms with Gasteiger partial charge < -0.3 is 25.5 Å². The van der Waals surface area contributed by atoms with E-state index in [0.717, 1.165) is 0 Å². The van der Waals surface area contributed by atoms with E-state index in [2.05, 4.69) is 10.3 Å². The van der Waals surface area contributed by atoms with Crippen molar-refractivity contribution in [2.75, 3.05) is 39.5 Å². The van der Waals surface area contributed by atoms with Gasteiger partial charge >= 0.3 is 0 Å². The van der Waals surface area contributed by atoms with Gasteiger partial charge in [0, 0.05) is 40.7 Å². The third-order valence-electron chi connectivity index (χ3n) is 5.10. The Hall–Kier alpha value is -3.33. The number of benzene rings is 2. The highest BCUT2D eigenvalue weighted by atomic mass is 16.5. The standard InChI is InChI=1S/C23H23N3O5/c24-7-9-30-11-12-31-10-8-25-23(29)14-5-6-18-17(13-14)19-20(26-18)22(28)16-4-2-1-3-15(16)21(19)27/h1-6,13,26H,7-12,24H2,(H,25,29). The molecule has 3 aromatic rings. The fraction of sp³-hybridized carbons (Fsp3) is 0.261. The Kier molecular flexibility index (Phi) is 6.22. The molecule has 0 bridgehead atoms. The van der Waals surface area contributed by atoms with E-state index in [4.69, 9.17) is 15.2 Å². The smallest absolute Gasteiger partial charge is 0.251 e. The molecule has 8 nitrogen and oxygen atoms in total.